The highest BCUT2D eigenvalue weighted by atomic mass is 15.3. The highest BCUT2D eigenvalue weighted by Gasteiger charge is 1.96. The Balaban J connectivity index is 0.000000235. The maximum atomic E-state index is 5.69. The van der Waals surface area contributed by atoms with Gasteiger partial charge in [-0.2, -0.15) is 5.10 Å². The first-order valence-electron chi connectivity index (χ1n) is 7.96. The highest BCUT2D eigenvalue weighted by Crippen LogP contribution is 2.14. The minimum Gasteiger partial charge on any atom is -0.399 e. The number of anilines is 1. The fourth-order valence-electron chi connectivity index (χ4n) is 2.08. The predicted octanol–water partition coefficient (Wildman–Crippen LogP) is 2.72. The lowest BCUT2D eigenvalue weighted by Crippen LogP contribution is -2.09. The number of nitrogens with zero attached hydrogens (tertiary/aromatic N) is 2. The number of allylic oxidation sites excluding steroid dienone is 5. The normalized spacial score (nSPS) is 13.7. The standard InChI is InChI=1S/C12H19N.C5H10N4/c1-2-3-4-6-11-7-5-8-12(13)10-9-11;6-1-2-9-4-5(7)3-8-9/h7-10H,2-6,13H2,1H3;3-4H,1-2,6-7H2. The molecule has 1 aromatic rings. The van der Waals surface area contributed by atoms with Crippen LogP contribution < -0.4 is 17.2 Å². The van der Waals surface area contributed by atoms with Crippen LogP contribution in [0.15, 0.2) is 48.0 Å². The number of hydrogen-bond donors (Lipinski definition) is 3. The molecule has 0 radical (unpaired) electrons. The topological polar surface area (TPSA) is 95.9 Å². The summed E-state index contributed by atoms with van der Waals surface area (Å²) >= 11 is 0. The van der Waals surface area contributed by atoms with Gasteiger partial charge in [0.2, 0.25) is 0 Å². The lowest BCUT2D eigenvalue weighted by atomic mass is 10.1. The Morgan fingerprint density at radius 1 is 1.18 bits per heavy atom. The van der Waals surface area contributed by atoms with E-state index >= 15 is 0 Å². The predicted molar refractivity (Wildman–Crippen MR) is 93.9 cm³/mol. The van der Waals surface area contributed by atoms with Crippen LogP contribution in [0.2, 0.25) is 0 Å². The Bertz CT molecular complexity index is 511. The van der Waals surface area contributed by atoms with Gasteiger partial charge in [0.1, 0.15) is 0 Å². The van der Waals surface area contributed by atoms with Crippen molar-refractivity contribution in [3.05, 3.63) is 48.0 Å². The Labute approximate surface area is 133 Å². The van der Waals surface area contributed by atoms with Crippen molar-refractivity contribution in [1.29, 1.82) is 0 Å². The summed E-state index contributed by atoms with van der Waals surface area (Å²) in [4.78, 5) is 0. The Morgan fingerprint density at radius 2 is 2.00 bits per heavy atom. The zero-order valence-corrected chi connectivity index (χ0v) is 13.5. The van der Waals surface area contributed by atoms with E-state index in [9.17, 15) is 0 Å². The molecule has 0 spiro atoms. The van der Waals surface area contributed by atoms with Gasteiger partial charge < -0.3 is 17.2 Å². The van der Waals surface area contributed by atoms with E-state index in [1.807, 2.05) is 6.08 Å². The van der Waals surface area contributed by atoms with Crippen LogP contribution in [-0.4, -0.2) is 16.3 Å². The van der Waals surface area contributed by atoms with Gasteiger partial charge in [0.25, 0.3) is 0 Å². The van der Waals surface area contributed by atoms with Gasteiger partial charge in [-0.1, -0.05) is 43.6 Å². The second kappa shape index (κ2) is 10.7. The molecule has 2 rings (SSSR count). The van der Waals surface area contributed by atoms with E-state index in [4.69, 9.17) is 17.2 Å². The van der Waals surface area contributed by atoms with Crippen LogP contribution in [0.25, 0.3) is 0 Å². The quantitative estimate of drug-likeness (QED) is 0.704. The van der Waals surface area contributed by atoms with E-state index in [0.29, 0.717) is 12.2 Å². The van der Waals surface area contributed by atoms with E-state index in [0.717, 1.165) is 18.7 Å². The maximum absolute atomic E-state index is 5.69. The molecule has 0 atom stereocenters. The number of nitrogen functional groups attached to an aromatic ring is 1. The lowest BCUT2D eigenvalue weighted by molar-refractivity contribution is 0.625. The number of aromatic nitrogens is 2. The van der Waals surface area contributed by atoms with Crippen molar-refractivity contribution in [1.82, 2.24) is 9.78 Å². The average Bonchev–Trinajstić information content (AvgIpc) is 2.79. The van der Waals surface area contributed by atoms with E-state index in [-0.39, 0.29) is 0 Å². The molecule has 1 heterocycles. The smallest absolute Gasteiger partial charge is 0.0719 e. The first-order chi connectivity index (χ1) is 10.7. The number of unbranched alkanes of at least 4 members (excludes halogenated alkanes) is 2. The molecular weight excluding hydrogens is 274 g/mol. The molecular formula is C17H29N5. The Hall–Kier alpha value is -2.01. The van der Waals surface area contributed by atoms with Gasteiger partial charge in [-0.25, -0.2) is 0 Å². The van der Waals surface area contributed by atoms with Crippen LogP contribution in [0.1, 0.15) is 39.0 Å². The summed E-state index contributed by atoms with van der Waals surface area (Å²) in [7, 11) is 0. The summed E-state index contributed by atoms with van der Waals surface area (Å²) in [5.41, 5.74) is 19.4. The molecule has 0 bridgehead atoms. The van der Waals surface area contributed by atoms with E-state index in [1.165, 1.54) is 31.3 Å². The van der Waals surface area contributed by atoms with Crippen molar-refractivity contribution in [2.45, 2.75) is 45.6 Å². The second-order valence-corrected chi connectivity index (χ2v) is 5.33. The minimum atomic E-state index is 0.598. The molecule has 0 fully saturated rings. The molecule has 0 saturated carbocycles. The fraction of sp³-hybridized carbons (Fsp3) is 0.471. The third-order valence-electron chi connectivity index (χ3n) is 3.30. The molecule has 5 nitrogen and oxygen atoms in total. The molecule has 6 N–H and O–H groups in total. The molecule has 0 aliphatic heterocycles. The van der Waals surface area contributed by atoms with Crippen LogP contribution >= 0.6 is 0 Å². The SMILES string of the molecule is CCCCCC1=CCC=C(N)C=C1.NCCn1cc(N)cn1. The fourth-order valence-corrected chi connectivity index (χ4v) is 2.08. The molecule has 122 valence electrons. The highest BCUT2D eigenvalue weighted by molar-refractivity contribution is 5.30. The monoisotopic (exact) mass is 303 g/mol. The van der Waals surface area contributed by atoms with Gasteiger partial charge in [0.05, 0.1) is 18.4 Å². The number of rotatable bonds is 6. The van der Waals surface area contributed by atoms with E-state index < -0.39 is 0 Å². The largest absolute Gasteiger partial charge is 0.399 e. The lowest BCUT2D eigenvalue weighted by Gasteiger charge is -1.99. The van der Waals surface area contributed by atoms with Gasteiger partial charge in [0.15, 0.2) is 0 Å². The molecule has 0 aromatic carbocycles. The van der Waals surface area contributed by atoms with Crippen LogP contribution in [0.5, 0.6) is 0 Å². The van der Waals surface area contributed by atoms with Crippen LogP contribution in [-0.2, 0) is 6.54 Å². The third kappa shape index (κ3) is 7.69. The van der Waals surface area contributed by atoms with Crippen molar-refractivity contribution >= 4 is 5.69 Å². The van der Waals surface area contributed by atoms with Crippen LogP contribution in [0.3, 0.4) is 0 Å². The first-order valence-corrected chi connectivity index (χ1v) is 7.96. The summed E-state index contributed by atoms with van der Waals surface area (Å²) in [6.07, 6.45) is 17.9. The Morgan fingerprint density at radius 3 is 2.64 bits per heavy atom. The minimum absolute atomic E-state index is 0.598. The average molecular weight is 303 g/mol. The van der Waals surface area contributed by atoms with E-state index in [2.05, 4.69) is 30.3 Å². The Kier molecular flexibility index (Phi) is 8.76. The molecule has 1 aliphatic rings. The molecule has 1 aliphatic carbocycles. The van der Waals surface area contributed by atoms with Gasteiger partial charge in [-0.05, 0) is 25.3 Å². The first kappa shape index (κ1) is 18.0. The zero-order chi connectivity index (χ0) is 16.2. The second-order valence-electron chi connectivity index (χ2n) is 5.33. The van der Waals surface area contributed by atoms with Crippen molar-refractivity contribution in [3.63, 3.8) is 0 Å². The van der Waals surface area contributed by atoms with Crippen LogP contribution in [0.4, 0.5) is 5.69 Å². The van der Waals surface area contributed by atoms with Crippen molar-refractivity contribution in [2.75, 3.05) is 12.3 Å². The van der Waals surface area contributed by atoms with Gasteiger partial charge >= 0.3 is 0 Å². The van der Waals surface area contributed by atoms with Crippen molar-refractivity contribution in [3.8, 4) is 0 Å². The summed E-state index contributed by atoms with van der Waals surface area (Å²) in [5, 5.41) is 3.92. The molecule has 22 heavy (non-hydrogen) atoms. The van der Waals surface area contributed by atoms with Gasteiger partial charge in [-0.15, -0.1) is 0 Å². The molecule has 0 saturated heterocycles. The van der Waals surface area contributed by atoms with Crippen LogP contribution in [0, 0.1) is 0 Å². The summed E-state index contributed by atoms with van der Waals surface area (Å²) in [6.45, 7) is 3.56. The van der Waals surface area contributed by atoms with Gasteiger partial charge in [0, 0.05) is 18.4 Å². The third-order valence-corrected chi connectivity index (χ3v) is 3.30. The molecule has 5 heteroatoms. The van der Waals surface area contributed by atoms with Gasteiger partial charge in [-0.3, -0.25) is 4.68 Å². The molecule has 0 amide bonds. The number of hydrogen-bond acceptors (Lipinski definition) is 4. The summed E-state index contributed by atoms with van der Waals surface area (Å²) in [5.74, 6) is 0. The molecule has 0 unspecified atom stereocenters. The van der Waals surface area contributed by atoms with E-state index in [1.54, 1.807) is 17.1 Å². The zero-order valence-electron chi connectivity index (χ0n) is 13.5. The van der Waals surface area contributed by atoms with Crippen molar-refractivity contribution in [2.24, 2.45) is 11.5 Å². The molecule has 1 aromatic heterocycles. The van der Waals surface area contributed by atoms with Crippen molar-refractivity contribution < 1.29 is 0 Å². The maximum Gasteiger partial charge on any atom is 0.0719 e. The summed E-state index contributed by atoms with van der Waals surface area (Å²) in [6, 6.07) is 0. The number of nitrogens with two attached hydrogens (primary N) is 3. The summed E-state index contributed by atoms with van der Waals surface area (Å²) < 4.78 is 1.72.